The summed E-state index contributed by atoms with van der Waals surface area (Å²) in [4.78, 5) is 17.2. The molecule has 0 aliphatic carbocycles. The van der Waals surface area contributed by atoms with Gasteiger partial charge in [-0.05, 0) is 30.7 Å². The summed E-state index contributed by atoms with van der Waals surface area (Å²) in [6, 6.07) is 12.8. The van der Waals surface area contributed by atoms with Gasteiger partial charge in [-0.1, -0.05) is 18.2 Å². The fraction of sp³-hybridized carbons (Fsp3) is 0.333. The monoisotopic (exact) mass is 307 g/mol. The fourth-order valence-corrected chi connectivity index (χ4v) is 3.24. The summed E-state index contributed by atoms with van der Waals surface area (Å²) in [5, 5.41) is 0. The first-order chi connectivity index (χ1) is 11.3. The van der Waals surface area contributed by atoms with Crippen molar-refractivity contribution in [2.24, 2.45) is 0 Å². The number of imidazole rings is 1. The Morgan fingerprint density at radius 1 is 1.04 bits per heavy atom. The Hall–Kier alpha value is -2.40. The smallest absolute Gasteiger partial charge is 0.203 e. The molecule has 1 aliphatic heterocycles. The summed E-state index contributed by atoms with van der Waals surface area (Å²) in [5.74, 6) is 0.986. The zero-order chi connectivity index (χ0) is 15.6. The minimum Gasteiger partial charge on any atom is -0.340 e. The first-order valence-electron chi connectivity index (χ1n) is 8.15. The van der Waals surface area contributed by atoms with Crippen LogP contribution in [0.25, 0.3) is 11.0 Å². The van der Waals surface area contributed by atoms with Gasteiger partial charge in [0.2, 0.25) is 5.95 Å². The molecule has 0 spiro atoms. The van der Waals surface area contributed by atoms with Gasteiger partial charge in [0, 0.05) is 44.6 Å². The van der Waals surface area contributed by atoms with E-state index < -0.39 is 0 Å². The molecule has 1 aromatic carbocycles. The highest BCUT2D eigenvalue weighted by Crippen LogP contribution is 2.23. The highest BCUT2D eigenvalue weighted by atomic mass is 15.3. The van der Waals surface area contributed by atoms with Gasteiger partial charge in [-0.25, -0.2) is 4.98 Å². The van der Waals surface area contributed by atoms with Crippen LogP contribution in [-0.4, -0.2) is 46.0 Å². The number of anilines is 1. The molecule has 1 saturated heterocycles. The number of fused-ring (bicyclic) bond motifs is 1. The molecule has 0 amide bonds. The third kappa shape index (κ3) is 2.80. The van der Waals surface area contributed by atoms with Crippen molar-refractivity contribution in [2.75, 3.05) is 31.1 Å². The molecule has 3 heterocycles. The summed E-state index contributed by atoms with van der Waals surface area (Å²) < 4.78 is 0. The van der Waals surface area contributed by atoms with E-state index in [0.717, 1.165) is 43.2 Å². The van der Waals surface area contributed by atoms with Crippen LogP contribution >= 0.6 is 0 Å². The zero-order valence-electron chi connectivity index (χ0n) is 13.3. The van der Waals surface area contributed by atoms with Crippen LogP contribution in [0.4, 0.5) is 5.95 Å². The van der Waals surface area contributed by atoms with E-state index in [1.165, 1.54) is 5.56 Å². The lowest BCUT2D eigenvalue weighted by Gasteiger charge is -2.38. The van der Waals surface area contributed by atoms with Gasteiger partial charge in [0.05, 0.1) is 11.0 Å². The van der Waals surface area contributed by atoms with Crippen LogP contribution in [0.1, 0.15) is 18.5 Å². The highest BCUT2D eigenvalue weighted by Gasteiger charge is 2.23. The molecule has 2 aromatic heterocycles. The Kier molecular flexibility index (Phi) is 3.71. The molecule has 0 radical (unpaired) electrons. The number of pyridine rings is 1. The molecule has 1 atom stereocenters. The number of nitrogens with zero attached hydrogens (tertiary/aromatic N) is 4. The number of H-pyrrole nitrogens is 1. The van der Waals surface area contributed by atoms with Crippen molar-refractivity contribution >= 4 is 17.0 Å². The van der Waals surface area contributed by atoms with E-state index in [1.54, 1.807) is 0 Å². The predicted molar refractivity (Wildman–Crippen MR) is 92.5 cm³/mol. The Bertz CT molecular complexity index is 741. The van der Waals surface area contributed by atoms with E-state index in [2.05, 4.69) is 44.9 Å². The van der Waals surface area contributed by atoms with Gasteiger partial charge in [0.15, 0.2) is 0 Å². The van der Waals surface area contributed by atoms with Crippen molar-refractivity contribution < 1.29 is 0 Å². The van der Waals surface area contributed by atoms with Crippen molar-refractivity contribution in [3.05, 3.63) is 54.4 Å². The molecule has 0 saturated carbocycles. The van der Waals surface area contributed by atoms with Crippen LogP contribution in [-0.2, 0) is 0 Å². The summed E-state index contributed by atoms with van der Waals surface area (Å²) in [5.41, 5.74) is 3.42. The number of aromatic amines is 1. The first-order valence-corrected chi connectivity index (χ1v) is 8.15. The molecule has 5 heteroatoms. The lowest BCUT2D eigenvalue weighted by molar-refractivity contribution is 0.197. The number of hydrogen-bond donors (Lipinski definition) is 1. The number of nitrogens with one attached hydrogen (secondary N) is 1. The summed E-state index contributed by atoms with van der Waals surface area (Å²) in [7, 11) is 0. The maximum atomic E-state index is 4.71. The van der Waals surface area contributed by atoms with E-state index in [1.807, 2.05) is 30.6 Å². The third-order valence-electron chi connectivity index (χ3n) is 4.71. The summed E-state index contributed by atoms with van der Waals surface area (Å²) >= 11 is 0. The predicted octanol–water partition coefficient (Wildman–Crippen LogP) is 2.84. The average Bonchev–Trinajstić information content (AvgIpc) is 3.06. The number of hydrogen-bond acceptors (Lipinski definition) is 4. The fourth-order valence-electron chi connectivity index (χ4n) is 3.24. The Balaban J connectivity index is 1.44. The van der Waals surface area contributed by atoms with Crippen molar-refractivity contribution in [3.63, 3.8) is 0 Å². The van der Waals surface area contributed by atoms with Gasteiger partial charge in [-0.3, -0.25) is 9.88 Å². The maximum absolute atomic E-state index is 4.71. The van der Waals surface area contributed by atoms with Crippen LogP contribution < -0.4 is 4.90 Å². The van der Waals surface area contributed by atoms with Crippen molar-refractivity contribution in [3.8, 4) is 0 Å². The molecule has 0 bridgehead atoms. The molecule has 1 fully saturated rings. The quantitative estimate of drug-likeness (QED) is 0.808. The van der Waals surface area contributed by atoms with Crippen molar-refractivity contribution in [2.45, 2.75) is 13.0 Å². The lowest BCUT2D eigenvalue weighted by Crippen LogP contribution is -2.47. The number of rotatable bonds is 3. The van der Waals surface area contributed by atoms with Crippen LogP contribution in [0.2, 0.25) is 0 Å². The molecular formula is C18H21N5. The second-order valence-electron chi connectivity index (χ2n) is 6.06. The number of para-hydroxylation sites is 2. The molecule has 23 heavy (non-hydrogen) atoms. The first kappa shape index (κ1) is 14.2. The molecule has 1 N–H and O–H groups in total. The van der Waals surface area contributed by atoms with Crippen LogP contribution in [0.3, 0.4) is 0 Å². The number of aromatic nitrogens is 3. The van der Waals surface area contributed by atoms with E-state index in [-0.39, 0.29) is 0 Å². The molecular weight excluding hydrogens is 286 g/mol. The van der Waals surface area contributed by atoms with E-state index >= 15 is 0 Å². The van der Waals surface area contributed by atoms with E-state index in [9.17, 15) is 0 Å². The standard InChI is InChI=1S/C18H21N5/c1-14(15-5-4-8-19-13-15)22-9-11-23(12-10-22)18-20-16-6-2-3-7-17(16)21-18/h2-8,13-14H,9-12H2,1H3,(H,20,21). The van der Waals surface area contributed by atoms with Gasteiger partial charge < -0.3 is 9.88 Å². The molecule has 5 nitrogen and oxygen atoms in total. The molecule has 1 aliphatic rings. The maximum Gasteiger partial charge on any atom is 0.203 e. The number of benzene rings is 1. The third-order valence-corrected chi connectivity index (χ3v) is 4.71. The Labute approximate surface area is 136 Å². The van der Waals surface area contributed by atoms with Crippen LogP contribution in [0.15, 0.2) is 48.8 Å². The topological polar surface area (TPSA) is 48.1 Å². The SMILES string of the molecule is CC(c1cccnc1)N1CCN(c2nc3ccccc3[nH]2)CC1. The Morgan fingerprint density at radius 3 is 2.61 bits per heavy atom. The van der Waals surface area contributed by atoms with Crippen molar-refractivity contribution in [1.29, 1.82) is 0 Å². The van der Waals surface area contributed by atoms with Gasteiger partial charge >= 0.3 is 0 Å². The average molecular weight is 307 g/mol. The van der Waals surface area contributed by atoms with Gasteiger partial charge in [-0.2, -0.15) is 0 Å². The lowest BCUT2D eigenvalue weighted by atomic mass is 10.1. The summed E-state index contributed by atoms with van der Waals surface area (Å²) in [6.45, 7) is 6.31. The van der Waals surface area contributed by atoms with Gasteiger partial charge in [0.25, 0.3) is 0 Å². The number of piperazine rings is 1. The molecule has 1 unspecified atom stereocenters. The molecule has 3 aromatic rings. The van der Waals surface area contributed by atoms with E-state index in [4.69, 9.17) is 4.98 Å². The van der Waals surface area contributed by atoms with Crippen LogP contribution in [0.5, 0.6) is 0 Å². The van der Waals surface area contributed by atoms with Crippen molar-refractivity contribution in [1.82, 2.24) is 19.9 Å². The molecule has 118 valence electrons. The largest absolute Gasteiger partial charge is 0.340 e. The summed E-state index contributed by atoms with van der Waals surface area (Å²) in [6.07, 6.45) is 3.80. The minimum absolute atomic E-state index is 0.404. The Morgan fingerprint density at radius 2 is 1.87 bits per heavy atom. The molecule has 4 rings (SSSR count). The van der Waals surface area contributed by atoms with Gasteiger partial charge in [-0.15, -0.1) is 0 Å². The zero-order valence-corrected chi connectivity index (χ0v) is 13.3. The van der Waals surface area contributed by atoms with E-state index in [0.29, 0.717) is 6.04 Å². The second-order valence-corrected chi connectivity index (χ2v) is 6.06. The normalized spacial score (nSPS) is 17.5. The highest BCUT2D eigenvalue weighted by molar-refractivity contribution is 5.77. The van der Waals surface area contributed by atoms with Gasteiger partial charge in [0.1, 0.15) is 0 Å². The second kappa shape index (κ2) is 6.01. The minimum atomic E-state index is 0.404. The van der Waals surface area contributed by atoms with Crippen LogP contribution in [0, 0.1) is 0 Å².